The zero-order valence-electron chi connectivity index (χ0n) is 6.72. The van der Waals surface area contributed by atoms with Gasteiger partial charge < -0.3 is 4.74 Å². The highest BCUT2D eigenvalue weighted by Crippen LogP contribution is 1.79. The summed E-state index contributed by atoms with van der Waals surface area (Å²) in [7, 11) is 7.93. The van der Waals surface area contributed by atoms with Crippen molar-refractivity contribution in [3.8, 4) is 0 Å². The van der Waals surface area contributed by atoms with Crippen molar-refractivity contribution < 1.29 is 4.74 Å². The molecule has 0 N–H and O–H groups in total. The Kier molecular flexibility index (Phi) is 4.67. The minimum Gasteiger partial charge on any atom is -0.351 e. The van der Waals surface area contributed by atoms with Crippen LogP contribution in [0, 0.1) is 0 Å². The summed E-state index contributed by atoms with van der Waals surface area (Å²) in [5.74, 6) is 0. The first kappa shape index (κ1) is 8.88. The predicted octanol–water partition coefficient (Wildman–Crippen LogP) is 0.0412. The van der Waals surface area contributed by atoms with Crippen LogP contribution in [-0.2, 0) is 4.74 Å². The first-order valence-corrected chi connectivity index (χ1v) is 3.00. The molecule has 0 fully saturated rings. The van der Waals surface area contributed by atoms with E-state index in [1.165, 1.54) is 0 Å². The molecule has 0 bridgehead atoms. The molecule has 0 saturated heterocycles. The molecule has 3 heteroatoms. The van der Waals surface area contributed by atoms with Crippen molar-refractivity contribution in [2.45, 2.75) is 0 Å². The van der Waals surface area contributed by atoms with Crippen LogP contribution in [0.5, 0.6) is 0 Å². The van der Waals surface area contributed by atoms with Gasteiger partial charge in [0.05, 0.1) is 0 Å². The first-order valence-electron chi connectivity index (χ1n) is 3.00. The van der Waals surface area contributed by atoms with Crippen LogP contribution in [0.2, 0.25) is 0 Å². The molecule has 0 aromatic heterocycles. The van der Waals surface area contributed by atoms with E-state index in [1.54, 1.807) is 0 Å². The topological polar surface area (TPSA) is 15.7 Å². The number of rotatable bonds is 4. The second-order valence-electron chi connectivity index (χ2n) is 2.62. The van der Waals surface area contributed by atoms with Gasteiger partial charge in [-0.15, -0.1) is 0 Å². The van der Waals surface area contributed by atoms with E-state index >= 15 is 0 Å². The van der Waals surface area contributed by atoms with E-state index in [2.05, 4.69) is 0 Å². The maximum Gasteiger partial charge on any atom is 0.100 e. The SMILES string of the molecule is CN(C)COCN(C)C. The van der Waals surface area contributed by atoms with Crippen LogP contribution in [0.4, 0.5) is 0 Å². The molecule has 0 atom stereocenters. The summed E-state index contributed by atoms with van der Waals surface area (Å²) >= 11 is 0. The van der Waals surface area contributed by atoms with Crippen molar-refractivity contribution in [2.24, 2.45) is 0 Å². The van der Waals surface area contributed by atoms with Crippen LogP contribution in [0.15, 0.2) is 0 Å². The average Bonchev–Trinajstić information content (AvgIpc) is 1.63. The van der Waals surface area contributed by atoms with E-state index in [1.807, 2.05) is 38.0 Å². The third-order valence-corrected chi connectivity index (χ3v) is 0.699. The Morgan fingerprint density at radius 2 is 1.22 bits per heavy atom. The summed E-state index contributed by atoms with van der Waals surface area (Å²) in [6, 6.07) is 0. The molecule has 0 rings (SSSR count). The molecule has 0 aliphatic rings. The van der Waals surface area contributed by atoms with Gasteiger partial charge in [-0.3, -0.25) is 9.80 Å². The maximum atomic E-state index is 5.21. The molecule has 0 aromatic carbocycles. The van der Waals surface area contributed by atoms with Crippen molar-refractivity contribution in [1.29, 1.82) is 0 Å². The highest BCUT2D eigenvalue weighted by atomic mass is 16.5. The standard InChI is InChI=1S/C6H16N2O/c1-7(2)5-9-6-8(3)4/h5-6H2,1-4H3. The number of hydrogen-bond acceptors (Lipinski definition) is 3. The number of hydrogen-bond donors (Lipinski definition) is 0. The molecular formula is C6H16N2O. The molecule has 56 valence electrons. The van der Waals surface area contributed by atoms with Gasteiger partial charge in [0.25, 0.3) is 0 Å². The summed E-state index contributed by atoms with van der Waals surface area (Å²) in [5.41, 5.74) is 0. The van der Waals surface area contributed by atoms with Gasteiger partial charge in [0.2, 0.25) is 0 Å². The minimum atomic E-state index is 0.693. The molecule has 0 aromatic rings. The van der Waals surface area contributed by atoms with E-state index in [0.29, 0.717) is 13.5 Å². The van der Waals surface area contributed by atoms with Crippen molar-refractivity contribution in [1.82, 2.24) is 9.80 Å². The van der Waals surface area contributed by atoms with E-state index in [4.69, 9.17) is 4.74 Å². The molecule has 9 heavy (non-hydrogen) atoms. The van der Waals surface area contributed by atoms with Gasteiger partial charge in [-0.1, -0.05) is 0 Å². The van der Waals surface area contributed by atoms with Crippen molar-refractivity contribution in [3.63, 3.8) is 0 Å². The van der Waals surface area contributed by atoms with Crippen molar-refractivity contribution in [2.75, 3.05) is 41.7 Å². The van der Waals surface area contributed by atoms with Gasteiger partial charge in [-0.2, -0.15) is 0 Å². The Hall–Kier alpha value is -0.120. The van der Waals surface area contributed by atoms with Crippen molar-refractivity contribution in [3.05, 3.63) is 0 Å². The second kappa shape index (κ2) is 4.73. The van der Waals surface area contributed by atoms with Gasteiger partial charge in [0.1, 0.15) is 13.5 Å². The molecule has 0 aliphatic heterocycles. The Labute approximate surface area is 57.2 Å². The molecule has 3 nitrogen and oxygen atoms in total. The fourth-order valence-corrected chi connectivity index (χ4v) is 0.406. The van der Waals surface area contributed by atoms with Gasteiger partial charge in [-0.25, -0.2) is 0 Å². The fourth-order valence-electron chi connectivity index (χ4n) is 0.406. The molecule has 0 saturated carbocycles. The predicted molar refractivity (Wildman–Crippen MR) is 38.2 cm³/mol. The first-order chi connectivity index (χ1) is 4.13. The largest absolute Gasteiger partial charge is 0.351 e. The fraction of sp³-hybridized carbons (Fsp3) is 1.00. The summed E-state index contributed by atoms with van der Waals surface area (Å²) in [5, 5.41) is 0. The highest BCUT2D eigenvalue weighted by molar-refractivity contribution is 4.28. The van der Waals surface area contributed by atoms with Gasteiger partial charge >= 0.3 is 0 Å². The summed E-state index contributed by atoms with van der Waals surface area (Å²) in [4.78, 5) is 3.98. The third kappa shape index (κ3) is 7.88. The lowest BCUT2D eigenvalue weighted by atomic mass is 10.9. The Morgan fingerprint density at radius 3 is 1.44 bits per heavy atom. The number of nitrogens with zero attached hydrogens (tertiary/aromatic N) is 2. The van der Waals surface area contributed by atoms with E-state index in [-0.39, 0.29) is 0 Å². The molecular weight excluding hydrogens is 116 g/mol. The lowest BCUT2D eigenvalue weighted by molar-refractivity contribution is 0.00371. The molecule has 0 heterocycles. The Morgan fingerprint density at radius 1 is 0.889 bits per heavy atom. The Bertz CT molecular complexity index is 56.1. The van der Waals surface area contributed by atoms with E-state index in [9.17, 15) is 0 Å². The summed E-state index contributed by atoms with van der Waals surface area (Å²) in [6.45, 7) is 1.39. The van der Waals surface area contributed by atoms with Crippen LogP contribution < -0.4 is 0 Å². The summed E-state index contributed by atoms with van der Waals surface area (Å²) in [6.07, 6.45) is 0. The van der Waals surface area contributed by atoms with Crippen LogP contribution in [0.3, 0.4) is 0 Å². The van der Waals surface area contributed by atoms with E-state index in [0.717, 1.165) is 0 Å². The normalized spacial score (nSPS) is 11.3. The van der Waals surface area contributed by atoms with Gasteiger partial charge in [0, 0.05) is 0 Å². The molecule has 0 unspecified atom stereocenters. The molecule has 0 aliphatic carbocycles. The van der Waals surface area contributed by atoms with E-state index < -0.39 is 0 Å². The second-order valence-corrected chi connectivity index (χ2v) is 2.62. The maximum absolute atomic E-state index is 5.21. The summed E-state index contributed by atoms with van der Waals surface area (Å²) < 4.78 is 5.21. The van der Waals surface area contributed by atoms with Gasteiger partial charge in [0.15, 0.2) is 0 Å². The van der Waals surface area contributed by atoms with Crippen molar-refractivity contribution >= 4 is 0 Å². The average molecular weight is 132 g/mol. The van der Waals surface area contributed by atoms with Crippen LogP contribution >= 0.6 is 0 Å². The molecule has 0 amide bonds. The lowest BCUT2D eigenvalue weighted by Crippen LogP contribution is -2.22. The highest BCUT2D eigenvalue weighted by Gasteiger charge is 1.89. The number of ether oxygens (including phenoxy) is 1. The zero-order valence-corrected chi connectivity index (χ0v) is 6.72. The smallest absolute Gasteiger partial charge is 0.100 e. The van der Waals surface area contributed by atoms with Gasteiger partial charge in [-0.05, 0) is 28.2 Å². The third-order valence-electron chi connectivity index (χ3n) is 0.699. The minimum absolute atomic E-state index is 0.693. The van der Waals surface area contributed by atoms with Crippen LogP contribution in [0.25, 0.3) is 0 Å². The molecule has 0 radical (unpaired) electrons. The molecule has 0 spiro atoms. The van der Waals surface area contributed by atoms with Crippen LogP contribution in [0.1, 0.15) is 0 Å². The zero-order chi connectivity index (χ0) is 7.28. The monoisotopic (exact) mass is 132 g/mol. The van der Waals surface area contributed by atoms with Crippen LogP contribution in [-0.4, -0.2) is 51.5 Å². The Balaban J connectivity index is 2.91. The lowest BCUT2D eigenvalue weighted by Gasteiger charge is -2.13. The quantitative estimate of drug-likeness (QED) is 0.502.